The number of rotatable bonds is 5. The summed E-state index contributed by atoms with van der Waals surface area (Å²) in [6.07, 6.45) is 2.58. The molecule has 0 fully saturated rings. The van der Waals surface area contributed by atoms with Crippen molar-refractivity contribution in [2.24, 2.45) is 0 Å². The van der Waals surface area contributed by atoms with E-state index < -0.39 is 0 Å². The Labute approximate surface area is 104 Å². The molecule has 92 valence electrons. The molecule has 0 aliphatic rings. The van der Waals surface area contributed by atoms with Gasteiger partial charge in [0.1, 0.15) is 17.0 Å². The smallest absolute Gasteiger partial charge is 0.149 e. The summed E-state index contributed by atoms with van der Waals surface area (Å²) in [5, 5.41) is 10.1. The number of nitrogens with zero attached hydrogens (tertiary/aromatic N) is 4. The number of aromatic nitrogens is 3. The molecule has 0 radical (unpaired) electrons. The lowest BCUT2D eigenvalue weighted by molar-refractivity contribution is 0.301. The number of anilines is 1. The predicted molar refractivity (Wildman–Crippen MR) is 69.5 cm³/mol. The molecular formula is C11H16N4OS. The second-order valence-electron chi connectivity index (χ2n) is 3.86. The number of hydrogen-bond donors (Lipinski definition) is 1. The first-order valence-corrected chi connectivity index (χ1v) is 6.48. The molecule has 0 aliphatic heterocycles. The van der Waals surface area contributed by atoms with Crippen molar-refractivity contribution in [3.63, 3.8) is 0 Å². The first kappa shape index (κ1) is 12.2. The van der Waals surface area contributed by atoms with Crippen LogP contribution >= 0.6 is 11.5 Å². The highest BCUT2D eigenvalue weighted by molar-refractivity contribution is 7.13. The molecule has 2 aromatic heterocycles. The lowest BCUT2D eigenvalue weighted by Crippen LogP contribution is -2.28. The van der Waals surface area contributed by atoms with E-state index in [0.29, 0.717) is 6.54 Å². The summed E-state index contributed by atoms with van der Waals surface area (Å²) in [4.78, 5) is 11.6. The van der Waals surface area contributed by atoms with Crippen LogP contribution in [-0.4, -0.2) is 39.1 Å². The maximum Gasteiger partial charge on any atom is 0.149 e. The van der Waals surface area contributed by atoms with Crippen LogP contribution in [0.15, 0.2) is 6.33 Å². The first-order valence-electron chi connectivity index (χ1n) is 5.70. The van der Waals surface area contributed by atoms with E-state index in [1.807, 2.05) is 6.92 Å². The molecule has 2 aromatic rings. The summed E-state index contributed by atoms with van der Waals surface area (Å²) in [5.74, 6) is 0.886. The monoisotopic (exact) mass is 252 g/mol. The number of aryl methyl sites for hydroxylation is 1. The van der Waals surface area contributed by atoms with Gasteiger partial charge in [0.15, 0.2) is 0 Å². The highest BCUT2D eigenvalue weighted by Gasteiger charge is 2.15. The van der Waals surface area contributed by atoms with Crippen LogP contribution < -0.4 is 4.90 Å². The fraction of sp³-hybridized carbons (Fsp3) is 0.545. The maximum atomic E-state index is 9.12. The van der Waals surface area contributed by atoms with Crippen molar-refractivity contribution in [2.75, 3.05) is 24.6 Å². The summed E-state index contributed by atoms with van der Waals surface area (Å²) in [6, 6.07) is 0. The van der Waals surface area contributed by atoms with E-state index in [0.717, 1.165) is 34.7 Å². The number of hydrogen-bond acceptors (Lipinski definition) is 6. The van der Waals surface area contributed by atoms with Crippen LogP contribution in [0.25, 0.3) is 10.2 Å². The molecule has 5 nitrogen and oxygen atoms in total. The number of fused-ring (bicyclic) bond motifs is 1. The Balaban J connectivity index is 2.47. The maximum absolute atomic E-state index is 9.12. The van der Waals surface area contributed by atoms with Crippen LogP contribution in [0, 0.1) is 6.92 Å². The Hall–Kier alpha value is -1.27. The van der Waals surface area contributed by atoms with Crippen molar-refractivity contribution < 1.29 is 5.11 Å². The van der Waals surface area contributed by atoms with Gasteiger partial charge in [-0.1, -0.05) is 6.92 Å². The van der Waals surface area contributed by atoms with Gasteiger partial charge in [-0.2, -0.15) is 4.37 Å². The molecule has 0 saturated carbocycles. The molecule has 0 spiro atoms. The van der Waals surface area contributed by atoms with Crippen molar-refractivity contribution in [3.05, 3.63) is 12.0 Å². The van der Waals surface area contributed by atoms with Crippen molar-refractivity contribution in [1.29, 1.82) is 0 Å². The molecule has 0 amide bonds. The third kappa shape index (κ3) is 2.37. The van der Waals surface area contributed by atoms with E-state index in [9.17, 15) is 0 Å². The minimum Gasteiger partial charge on any atom is -0.395 e. The molecular weight excluding hydrogens is 236 g/mol. The summed E-state index contributed by atoms with van der Waals surface area (Å²) in [7, 11) is 0. The normalized spacial score (nSPS) is 11.0. The number of aliphatic hydroxyl groups excluding tert-OH is 1. The van der Waals surface area contributed by atoms with Gasteiger partial charge in [0.25, 0.3) is 0 Å². The predicted octanol–water partition coefficient (Wildman–Crippen LogP) is 1.60. The van der Waals surface area contributed by atoms with Gasteiger partial charge in [-0.25, -0.2) is 9.97 Å². The Kier molecular flexibility index (Phi) is 3.86. The first-order chi connectivity index (χ1) is 8.27. The second kappa shape index (κ2) is 5.37. The quantitative estimate of drug-likeness (QED) is 0.875. The standard InChI is InChI=1S/C11H16N4OS/c1-3-4-15(5-6-16)10-9-8(2)14-17-11(9)13-7-12-10/h7,16H,3-6H2,1-2H3. The molecule has 17 heavy (non-hydrogen) atoms. The van der Waals surface area contributed by atoms with Crippen LogP contribution in [0.4, 0.5) is 5.82 Å². The van der Waals surface area contributed by atoms with E-state index in [4.69, 9.17) is 5.11 Å². The molecule has 2 rings (SSSR count). The fourth-order valence-corrected chi connectivity index (χ4v) is 2.60. The van der Waals surface area contributed by atoms with Crippen molar-refractivity contribution >= 4 is 27.6 Å². The zero-order valence-electron chi connectivity index (χ0n) is 10.1. The summed E-state index contributed by atoms with van der Waals surface area (Å²) < 4.78 is 4.31. The van der Waals surface area contributed by atoms with Crippen molar-refractivity contribution in [3.8, 4) is 0 Å². The molecule has 0 saturated heterocycles. The van der Waals surface area contributed by atoms with Gasteiger partial charge in [-0.05, 0) is 24.9 Å². The Bertz CT molecular complexity index is 493. The van der Waals surface area contributed by atoms with E-state index in [1.165, 1.54) is 11.5 Å². The third-order valence-corrected chi connectivity index (χ3v) is 3.43. The van der Waals surface area contributed by atoms with Crippen molar-refractivity contribution in [2.45, 2.75) is 20.3 Å². The van der Waals surface area contributed by atoms with Gasteiger partial charge in [-0.15, -0.1) is 0 Å². The average molecular weight is 252 g/mol. The average Bonchev–Trinajstić information content (AvgIpc) is 2.71. The lowest BCUT2D eigenvalue weighted by atomic mass is 10.2. The molecule has 0 bridgehead atoms. The SMILES string of the molecule is CCCN(CCO)c1ncnc2snc(C)c12. The van der Waals surface area contributed by atoms with Gasteiger partial charge >= 0.3 is 0 Å². The highest BCUT2D eigenvalue weighted by Crippen LogP contribution is 2.28. The molecule has 2 heterocycles. The summed E-state index contributed by atoms with van der Waals surface area (Å²) in [6.45, 7) is 5.68. The van der Waals surface area contributed by atoms with Crippen LogP contribution in [0.5, 0.6) is 0 Å². The molecule has 0 atom stereocenters. The molecule has 0 aromatic carbocycles. The zero-order chi connectivity index (χ0) is 12.3. The summed E-state index contributed by atoms with van der Waals surface area (Å²) >= 11 is 1.39. The van der Waals surface area contributed by atoms with Gasteiger partial charge in [-0.3, -0.25) is 0 Å². The fourth-order valence-electron chi connectivity index (χ4n) is 1.86. The van der Waals surface area contributed by atoms with Gasteiger partial charge in [0.05, 0.1) is 17.7 Å². The molecule has 6 heteroatoms. The third-order valence-electron chi connectivity index (χ3n) is 2.59. The second-order valence-corrected chi connectivity index (χ2v) is 4.61. The van der Waals surface area contributed by atoms with Gasteiger partial charge < -0.3 is 10.0 Å². The summed E-state index contributed by atoms with van der Waals surface area (Å²) in [5.41, 5.74) is 0.958. The minimum atomic E-state index is 0.127. The Morgan fingerprint density at radius 3 is 2.88 bits per heavy atom. The Morgan fingerprint density at radius 1 is 1.35 bits per heavy atom. The molecule has 0 aliphatic carbocycles. The molecule has 0 unspecified atom stereocenters. The Morgan fingerprint density at radius 2 is 2.18 bits per heavy atom. The van der Waals surface area contributed by atoms with E-state index in [1.54, 1.807) is 6.33 Å². The highest BCUT2D eigenvalue weighted by atomic mass is 32.1. The van der Waals surface area contributed by atoms with E-state index >= 15 is 0 Å². The van der Waals surface area contributed by atoms with Crippen LogP contribution in [0.1, 0.15) is 19.0 Å². The van der Waals surface area contributed by atoms with Gasteiger partial charge in [0, 0.05) is 13.1 Å². The van der Waals surface area contributed by atoms with Crippen LogP contribution in [-0.2, 0) is 0 Å². The van der Waals surface area contributed by atoms with E-state index in [-0.39, 0.29) is 6.61 Å². The van der Waals surface area contributed by atoms with E-state index in [2.05, 4.69) is 26.2 Å². The zero-order valence-corrected chi connectivity index (χ0v) is 10.9. The van der Waals surface area contributed by atoms with Crippen LogP contribution in [0.2, 0.25) is 0 Å². The largest absolute Gasteiger partial charge is 0.395 e. The molecule has 1 N–H and O–H groups in total. The minimum absolute atomic E-state index is 0.127. The van der Waals surface area contributed by atoms with Crippen molar-refractivity contribution in [1.82, 2.24) is 14.3 Å². The van der Waals surface area contributed by atoms with Crippen LogP contribution in [0.3, 0.4) is 0 Å². The lowest BCUT2D eigenvalue weighted by Gasteiger charge is -2.22. The van der Waals surface area contributed by atoms with Gasteiger partial charge in [0.2, 0.25) is 0 Å². The number of aliphatic hydroxyl groups is 1. The topological polar surface area (TPSA) is 62.1 Å².